The van der Waals surface area contributed by atoms with E-state index in [1.54, 1.807) is 6.20 Å². The van der Waals surface area contributed by atoms with Crippen LogP contribution in [-0.2, 0) is 0 Å². The fourth-order valence-electron chi connectivity index (χ4n) is 1.50. The highest BCUT2D eigenvalue weighted by molar-refractivity contribution is 5.60. The molecule has 0 amide bonds. The predicted octanol–water partition coefficient (Wildman–Crippen LogP) is 1.88. The van der Waals surface area contributed by atoms with Crippen LogP contribution in [-0.4, -0.2) is 11.5 Å². The van der Waals surface area contributed by atoms with Crippen LogP contribution in [0.3, 0.4) is 0 Å². The van der Waals surface area contributed by atoms with Gasteiger partial charge in [-0.05, 0) is 30.9 Å². The Morgan fingerprint density at radius 2 is 2.38 bits per heavy atom. The Bertz CT molecular complexity index is 281. The van der Waals surface area contributed by atoms with E-state index in [9.17, 15) is 0 Å². The molecule has 3 nitrogen and oxygen atoms in total. The van der Waals surface area contributed by atoms with Gasteiger partial charge in [0.2, 0.25) is 0 Å². The lowest BCUT2D eigenvalue weighted by Gasteiger charge is -2.25. The van der Waals surface area contributed by atoms with Crippen LogP contribution >= 0.6 is 0 Å². The Hall–Kier alpha value is -1.25. The smallest absolute Gasteiger partial charge is 0.149 e. The SMILES string of the molecule is Nc1cccnc1NCC1CCC1. The van der Waals surface area contributed by atoms with Crippen molar-refractivity contribution in [3.8, 4) is 0 Å². The van der Waals surface area contributed by atoms with E-state index in [0.717, 1.165) is 24.0 Å². The van der Waals surface area contributed by atoms with E-state index in [2.05, 4.69) is 10.3 Å². The third kappa shape index (κ3) is 1.91. The molecular weight excluding hydrogens is 162 g/mol. The molecule has 0 atom stereocenters. The summed E-state index contributed by atoms with van der Waals surface area (Å²) in [6, 6.07) is 3.72. The van der Waals surface area contributed by atoms with Gasteiger partial charge in [0.25, 0.3) is 0 Å². The van der Waals surface area contributed by atoms with Crippen molar-refractivity contribution in [3.05, 3.63) is 18.3 Å². The second kappa shape index (κ2) is 3.64. The first-order chi connectivity index (χ1) is 6.36. The first-order valence-electron chi connectivity index (χ1n) is 4.80. The van der Waals surface area contributed by atoms with Crippen molar-refractivity contribution in [2.24, 2.45) is 5.92 Å². The molecule has 0 aromatic carbocycles. The lowest BCUT2D eigenvalue weighted by Crippen LogP contribution is -2.21. The number of anilines is 2. The first-order valence-corrected chi connectivity index (χ1v) is 4.80. The van der Waals surface area contributed by atoms with Crippen molar-refractivity contribution in [2.75, 3.05) is 17.6 Å². The third-order valence-electron chi connectivity index (χ3n) is 2.62. The fourth-order valence-corrected chi connectivity index (χ4v) is 1.50. The van der Waals surface area contributed by atoms with Gasteiger partial charge in [0.15, 0.2) is 0 Å². The van der Waals surface area contributed by atoms with Crippen molar-refractivity contribution in [3.63, 3.8) is 0 Å². The summed E-state index contributed by atoms with van der Waals surface area (Å²) in [6.45, 7) is 1.02. The van der Waals surface area contributed by atoms with E-state index < -0.39 is 0 Å². The number of hydrogen-bond donors (Lipinski definition) is 2. The molecule has 1 aliphatic carbocycles. The minimum Gasteiger partial charge on any atom is -0.396 e. The zero-order valence-corrected chi connectivity index (χ0v) is 7.66. The minimum absolute atomic E-state index is 0.738. The average Bonchev–Trinajstić information content (AvgIpc) is 2.05. The highest BCUT2D eigenvalue weighted by Gasteiger charge is 2.16. The second-order valence-corrected chi connectivity index (χ2v) is 3.62. The zero-order valence-electron chi connectivity index (χ0n) is 7.66. The van der Waals surface area contributed by atoms with E-state index in [0.29, 0.717) is 0 Å². The molecule has 1 aliphatic rings. The molecule has 1 fully saturated rings. The van der Waals surface area contributed by atoms with Gasteiger partial charge in [0, 0.05) is 12.7 Å². The third-order valence-corrected chi connectivity index (χ3v) is 2.62. The Morgan fingerprint density at radius 3 is 3.00 bits per heavy atom. The highest BCUT2D eigenvalue weighted by Crippen LogP contribution is 2.26. The first kappa shape index (κ1) is 8.35. The summed E-state index contributed by atoms with van der Waals surface area (Å²) in [5.41, 5.74) is 6.48. The molecule has 1 saturated carbocycles. The van der Waals surface area contributed by atoms with Crippen molar-refractivity contribution in [1.29, 1.82) is 0 Å². The van der Waals surface area contributed by atoms with Gasteiger partial charge < -0.3 is 11.1 Å². The van der Waals surface area contributed by atoms with Crippen molar-refractivity contribution in [1.82, 2.24) is 4.98 Å². The van der Waals surface area contributed by atoms with Crippen LogP contribution in [0.5, 0.6) is 0 Å². The number of rotatable bonds is 3. The quantitative estimate of drug-likeness (QED) is 0.741. The van der Waals surface area contributed by atoms with Gasteiger partial charge in [0.05, 0.1) is 5.69 Å². The van der Waals surface area contributed by atoms with Gasteiger partial charge in [-0.2, -0.15) is 0 Å². The molecule has 0 bridgehead atoms. The molecule has 0 aliphatic heterocycles. The number of nitrogen functional groups attached to an aromatic ring is 1. The molecule has 70 valence electrons. The summed E-state index contributed by atoms with van der Waals surface area (Å²) in [4.78, 5) is 4.17. The van der Waals surface area contributed by atoms with E-state index >= 15 is 0 Å². The highest BCUT2D eigenvalue weighted by atomic mass is 15.0. The van der Waals surface area contributed by atoms with Crippen LogP contribution in [0.4, 0.5) is 11.5 Å². The van der Waals surface area contributed by atoms with E-state index in [4.69, 9.17) is 5.73 Å². The van der Waals surface area contributed by atoms with Crippen LogP contribution in [0.2, 0.25) is 0 Å². The average molecular weight is 177 g/mol. The summed E-state index contributed by atoms with van der Waals surface area (Å²) >= 11 is 0. The van der Waals surface area contributed by atoms with E-state index in [1.165, 1.54) is 19.3 Å². The maximum absolute atomic E-state index is 5.74. The van der Waals surface area contributed by atoms with Gasteiger partial charge in [-0.25, -0.2) is 4.98 Å². The maximum atomic E-state index is 5.74. The standard InChI is InChI=1S/C10H15N3/c11-9-5-2-6-12-10(9)13-7-8-3-1-4-8/h2,5-6,8H,1,3-4,7,11H2,(H,12,13). The minimum atomic E-state index is 0.738. The molecule has 2 rings (SSSR count). The molecule has 1 aromatic heterocycles. The molecule has 0 saturated heterocycles. The lowest BCUT2D eigenvalue weighted by molar-refractivity contribution is 0.333. The van der Waals surface area contributed by atoms with Crippen molar-refractivity contribution < 1.29 is 0 Å². The number of aromatic nitrogens is 1. The molecule has 0 radical (unpaired) electrons. The molecule has 0 spiro atoms. The van der Waals surface area contributed by atoms with Gasteiger partial charge in [-0.1, -0.05) is 6.42 Å². The van der Waals surface area contributed by atoms with Crippen LogP contribution in [0.1, 0.15) is 19.3 Å². The van der Waals surface area contributed by atoms with Crippen LogP contribution in [0, 0.1) is 5.92 Å². The van der Waals surface area contributed by atoms with Gasteiger partial charge in [0.1, 0.15) is 5.82 Å². The van der Waals surface area contributed by atoms with Crippen molar-refractivity contribution in [2.45, 2.75) is 19.3 Å². The molecule has 1 aromatic rings. The van der Waals surface area contributed by atoms with Crippen molar-refractivity contribution >= 4 is 11.5 Å². The second-order valence-electron chi connectivity index (χ2n) is 3.62. The number of hydrogen-bond acceptors (Lipinski definition) is 3. The Kier molecular flexibility index (Phi) is 2.34. The maximum Gasteiger partial charge on any atom is 0.149 e. The van der Waals surface area contributed by atoms with E-state index in [-0.39, 0.29) is 0 Å². The van der Waals surface area contributed by atoms with E-state index in [1.807, 2.05) is 12.1 Å². The number of nitrogens with two attached hydrogens (primary N) is 1. The molecule has 3 N–H and O–H groups in total. The van der Waals surface area contributed by atoms with Crippen LogP contribution < -0.4 is 11.1 Å². The zero-order chi connectivity index (χ0) is 9.10. The molecular formula is C10H15N3. The molecule has 13 heavy (non-hydrogen) atoms. The number of nitrogens with zero attached hydrogens (tertiary/aromatic N) is 1. The summed E-state index contributed by atoms with van der Waals surface area (Å²) in [7, 11) is 0. The summed E-state index contributed by atoms with van der Waals surface area (Å²) in [5.74, 6) is 1.66. The number of nitrogens with one attached hydrogen (secondary N) is 1. The monoisotopic (exact) mass is 177 g/mol. The fraction of sp³-hybridized carbons (Fsp3) is 0.500. The largest absolute Gasteiger partial charge is 0.396 e. The van der Waals surface area contributed by atoms with Gasteiger partial charge in [-0.3, -0.25) is 0 Å². The Labute approximate surface area is 78.4 Å². The molecule has 1 heterocycles. The predicted molar refractivity (Wildman–Crippen MR) is 54.5 cm³/mol. The topological polar surface area (TPSA) is 50.9 Å². The van der Waals surface area contributed by atoms with Gasteiger partial charge in [-0.15, -0.1) is 0 Å². The summed E-state index contributed by atoms with van der Waals surface area (Å²) < 4.78 is 0. The normalized spacial score (nSPS) is 16.6. The lowest BCUT2D eigenvalue weighted by atomic mass is 9.85. The Morgan fingerprint density at radius 1 is 1.54 bits per heavy atom. The molecule has 3 heteroatoms. The van der Waals surface area contributed by atoms with Crippen LogP contribution in [0.15, 0.2) is 18.3 Å². The Balaban J connectivity index is 1.89. The summed E-state index contributed by atoms with van der Waals surface area (Å²) in [5, 5.41) is 3.28. The van der Waals surface area contributed by atoms with Crippen LogP contribution in [0.25, 0.3) is 0 Å². The molecule has 0 unspecified atom stereocenters. The summed E-state index contributed by atoms with van der Waals surface area (Å²) in [6.07, 6.45) is 5.84. The van der Waals surface area contributed by atoms with Gasteiger partial charge >= 0.3 is 0 Å². The number of pyridine rings is 1.